The third kappa shape index (κ3) is 3.47. The molecule has 0 aliphatic carbocycles. The van der Waals surface area contributed by atoms with Gasteiger partial charge in [0.05, 0.1) is 0 Å². The summed E-state index contributed by atoms with van der Waals surface area (Å²) in [7, 11) is 0. The van der Waals surface area contributed by atoms with Crippen molar-refractivity contribution in [2.75, 3.05) is 0 Å². The van der Waals surface area contributed by atoms with Crippen molar-refractivity contribution in [3.8, 4) is 22.6 Å². The molecule has 0 nitrogen and oxygen atoms in total. The Morgan fingerprint density at radius 1 is 1.33 bits per heavy atom. The standard InChI is InChI=1S/C5H2Br/c1-2-3-4-5-6/h1H2/q-1. The van der Waals surface area contributed by atoms with Crippen molar-refractivity contribution in [1.29, 1.82) is 0 Å². The van der Waals surface area contributed by atoms with Crippen LogP contribution in [0.3, 0.4) is 0 Å². The highest BCUT2D eigenvalue weighted by Crippen LogP contribution is 1.64. The van der Waals surface area contributed by atoms with Crippen LogP contribution in [0.4, 0.5) is 0 Å². The van der Waals surface area contributed by atoms with Crippen molar-refractivity contribution < 1.29 is 0 Å². The van der Waals surface area contributed by atoms with Crippen LogP contribution in [-0.4, -0.2) is 0 Å². The van der Waals surface area contributed by atoms with E-state index in [4.69, 9.17) is 0 Å². The molecule has 0 saturated heterocycles. The average Bonchev–Trinajstić information content (AvgIpc) is 1.61. The lowest BCUT2D eigenvalue weighted by Crippen LogP contribution is -1.40. The molecule has 0 aliphatic heterocycles. The Bertz CT molecular complexity index is 107. The van der Waals surface area contributed by atoms with Crippen molar-refractivity contribution in [3.63, 3.8) is 0 Å². The van der Waals surface area contributed by atoms with E-state index >= 15 is 0 Å². The molecule has 0 aromatic carbocycles. The van der Waals surface area contributed by atoms with Crippen LogP contribution >= 0.6 is 15.9 Å². The molecule has 30 valence electrons. The van der Waals surface area contributed by atoms with E-state index in [9.17, 15) is 0 Å². The quantitative estimate of drug-likeness (QED) is 0.352. The second-order valence-corrected chi connectivity index (χ2v) is 0.918. The Morgan fingerprint density at radius 3 is 2.17 bits per heavy atom. The first-order valence-electron chi connectivity index (χ1n) is 1.29. The van der Waals surface area contributed by atoms with Gasteiger partial charge in [0.15, 0.2) is 0 Å². The lowest BCUT2D eigenvalue weighted by Gasteiger charge is -1.62. The highest BCUT2D eigenvalue weighted by molar-refractivity contribution is 9.12. The van der Waals surface area contributed by atoms with Gasteiger partial charge in [0, 0.05) is 15.9 Å². The zero-order valence-electron chi connectivity index (χ0n) is 3.09. The van der Waals surface area contributed by atoms with Crippen LogP contribution in [-0.2, 0) is 0 Å². The van der Waals surface area contributed by atoms with E-state index < -0.39 is 0 Å². The Balaban J connectivity index is 3.43. The lowest BCUT2D eigenvalue weighted by atomic mass is 10.6. The van der Waals surface area contributed by atoms with Crippen LogP contribution in [0, 0.1) is 29.5 Å². The van der Waals surface area contributed by atoms with Gasteiger partial charge >= 0.3 is 0 Å². The van der Waals surface area contributed by atoms with Crippen LogP contribution in [0.25, 0.3) is 0 Å². The van der Waals surface area contributed by atoms with E-state index in [1.165, 1.54) is 0 Å². The SMILES string of the molecule is [CH2-]C#CC#CBr. The fraction of sp³-hybridized carbons (Fsp3) is 0. The van der Waals surface area contributed by atoms with E-state index in [0.717, 1.165) is 0 Å². The van der Waals surface area contributed by atoms with E-state index in [0.29, 0.717) is 0 Å². The van der Waals surface area contributed by atoms with Crippen LogP contribution in [0.1, 0.15) is 0 Å². The molecule has 1 heteroatoms. The number of rotatable bonds is 0. The van der Waals surface area contributed by atoms with Gasteiger partial charge < -0.3 is 0 Å². The molecule has 0 aliphatic rings. The van der Waals surface area contributed by atoms with Gasteiger partial charge in [0.25, 0.3) is 0 Å². The normalized spacial score (nSPS) is 3.50. The lowest BCUT2D eigenvalue weighted by molar-refractivity contribution is 2.35. The van der Waals surface area contributed by atoms with Crippen molar-refractivity contribution in [2.24, 2.45) is 0 Å². The third-order valence-corrected chi connectivity index (χ3v) is 0.396. The van der Waals surface area contributed by atoms with Crippen LogP contribution in [0.15, 0.2) is 0 Å². The van der Waals surface area contributed by atoms with Crippen LogP contribution < -0.4 is 0 Å². The first-order chi connectivity index (χ1) is 2.91. The molecule has 0 aromatic rings. The second-order valence-electron chi connectivity index (χ2n) is 0.521. The fourth-order valence-electron chi connectivity index (χ4n) is 0.0678. The molecule has 0 bridgehead atoms. The summed E-state index contributed by atoms with van der Waals surface area (Å²) in [5.41, 5.74) is 0. The monoisotopic (exact) mass is 141 g/mol. The van der Waals surface area contributed by atoms with Crippen molar-refractivity contribution in [2.45, 2.75) is 0 Å². The van der Waals surface area contributed by atoms with Crippen molar-refractivity contribution >= 4 is 15.9 Å². The number of hydrogen-bond donors (Lipinski definition) is 0. The van der Waals surface area contributed by atoms with Gasteiger partial charge in [-0.25, -0.2) is 5.92 Å². The molecule has 6 heavy (non-hydrogen) atoms. The third-order valence-electron chi connectivity index (χ3n) is 0.198. The second kappa shape index (κ2) is 4.47. The summed E-state index contributed by atoms with van der Waals surface area (Å²) >= 11 is 2.86. The predicted molar refractivity (Wildman–Crippen MR) is 29.8 cm³/mol. The van der Waals surface area contributed by atoms with Crippen molar-refractivity contribution in [3.05, 3.63) is 6.92 Å². The Kier molecular flexibility index (Phi) is 4.08. The molecule has 0 atom stereocenters. The Labute approximate surface area is 46.1 Å². The molecule has 0 rings (SSSR count). The summed E-state index contributed by atoms with van der Waals surface area (Å²) in [5, 5.41) is 0. The molecule has 0 radical (unpaired) electrons. The van der Waals surface area contributed by atoms with Crippen LogP contribution in [0.5, 0.6) is 0 Å². The molecule has 0 heterocycles. The summed E-state index contributed by atoms with van der Waals surface area (Å²) in [6.07, 6.45) is 0. The molecule has 0 aromatic heterocycles. The van der Waals surface area contributed by atoms with Gasteiger partial charge in [-0.1, -0.05) is 0 Å². The summed E-state index contributed by atoms with van der Waals surface area (Å²) in [6.45, 7) is 3.24. The highest BCUT2D eigenvalue weighted by atomic mass is 79.9. The van der Waals surface area contributed by atoms with Gasteiger partial charge in [-0.2, -0.15) is 6.92 Å². The minimum Gasteiger partial charge on any atom is -0.284 e. The van der Waals surface area contributed by atoms with Gasteiger partial charge in [0.2, 0.25) is 0 Å². The summed E-state index contributed by atoms with van der Waals surface area (Å²) < 4.78 is 0. The molecular weight excluding hydrogens is 140 g/mol. The maximum absolute atomic E-state index is 3.24. The molecule has 0 N–H and O–H groups in total. The zero-order chi connectivity index (χ0) is 4.83. The van der Waals surface area contributed by atoms with E-state index in [-0.39, 0.29) is 0 Å². The zero-order valence-corrected chi connectivity index (χ0v) is 4.67. The maximum Gasteiger partial charge on any atom is 0.00985 e. The van der Waals surface area contributed by atoms with Gasteiger partial charge in [-0.15, -0.1) is 5.92 Å². The number of halogens is 1. The Morgan fingerprint density at radius 2 is 2.00 bits per heavy atom. The first-order valence-corrected chi connectivity index (χ1v) is 2.09. The molecule has 0 unspecified atom stereocenters. The first kappa shape index (κ1) is 5.47. The summed E-state index contributed by atoms with van der Waals surface area (Å²) in [5.74, 6) is 7.23. The van der Waals surface area contributed by atoms with Gasteiger partial charge in [0.1, 0.15) is 0 Å². The fourth-order valence-corrected chi connectivity index (χ4v) is 0.167. The minimum atomic E-state index is 2.37. The maximum atomic E-state index is 3.24. The van der Waals surface area contributed by atoms with Gasteiger partial charge in [-0.05, 0) is 4.83 Å². The minimum absolute atomic E-state index is 2.37. The average molecular weight is 142 g/mol. The summed E-state index contributed by atoms with van der Waals surface area (Å²) in [4.78, 5) is 2.42. The van der Waals surface area contributed by atoms with E-state index in [1.807, 2.05) is 0 Å². The molecule has 0 spiro atoms. The molecular formula is C5H2Br-. The summed E-state index contributed by atoms with van der Waals surface area (Å²) in [6, 6.07) is 0. The van der Waals surface area contributed by atoms with Gasteiger partial charge in [-0.3, -0.25) is 5.92 Å². The van der Waals surface area contributed by atoms with E-state index in [1.54, 1.807) is 0 Å². The molecule has 0 fully saturated rings. The van der Waals surface area contributed by atoms with Crippen molar-refractivity contribution in [1.82, 2.24) is 0 Å². The topological polar surface area (TPSA) is 0 Å². The van der Waals surface area contributed by atoms with E-state index in [2.05, 4.69) is 45.4 Å². The Hall–Kier alpha value is -0.530. The number of hydrogen-bond acceptors (Lipinski definition) is 0. The predicted octanol–water partition coefficient (Wildman–Crippen LogP) is 1.18. The molecule has 0 amide bonds. The molecule has 0 saturated carbocycles. The smallest absolute Gasteiger partial charge is 0.00985 e. The highest BCUT2D eigenvalue weighted by Gasteiger charge is 1.31. The van der Waals surface area contributed by atoms with Crippen LogP contribution in [0.2, 0.25) is 0 Å². The largest absolute Gasteiger partial charge is 0.284 e.